The number of rotatable bonds is 3. The number of aliphatic hydroxyl groups is 1. The molecule has 0 amide bonds. The summed E-state index contributed by atoms with van der Waals surface area (Å²) < 4.78 is 2.67. The lowest BCUT2D eigenvalue weighted by Crippen LogP contribution is -2.14. The zero-order chi connectivity index (χ0) is 8.27. The Labute approximate surface area is 74.2 Å². The second-order valence-electron chi connectivity index (χ2n) is 2.44. The zero-order valence-electron chi connectivity index (χ0n) is 6.37. The molecule has 0 bridgehead atoms. The second-order valence-corrected chi connectivity index (χ2v) is 3.36. The number of aliphatic hydroxyl groups excluding tert-OH is 1. The molecular formula is C7H11BrN2O. The maximum absolute atomic E-state index is 9.24. The first-order chi connectivity index (χ1) is 5.22. The minimum absolute atomic E-state index is 0.290. The fourth-order valence-corrected chi connectivity index (χ4v) is 1.11. The van der Waals surface area contributed by atoms with Crippen molar-refractivity contribution >= 4 is 15.9 Å². The summed E-state index contributed by atoms with van der Waals surface area (Å²) in [5, 5.41) is 13.3. The molecule has 0 aromatic carbocycles. The minimum Gasteiger partial charge on any atom is -0.391 e. The van der Waals surface area contributed by atoms with Crippen LogP contribution in [0.5, 0.6) is 0 Å². The van der Waals surface area contributed by atoms with Crippen LogP contribution in [0.1, 0.15) is 13.3 Å². The maximum atomic E-state index is 9.24. The van der Waals surface area contributed by atoms with Crippen LogP contribution in [0.25, 0.3) is 0 Å². The highest BCUT2D eigenvalue weighted by Gasteiger charge is 2.02. The predicted octanol–water partition coefficient (Wildman–Crippen LogP) is 1.42. The Bertz CT molecular complexity index is 224. The van der Waals surface area contributed by atoms with Crippen LogP contribution in [0.15, 0.2) is 16.9 Å². The Morgan fingerprint density at radius 3 is 3.00 bits per heavy atom. The Balaban J connectivity index is 2.50. The van der Waals surface area contributed by atoms with Gasteiger partial charge >= 0.3 is 0 Å². The highest BCUT2D eigenvalue weighted by atomic mass is 79.9. The van der Waals surface area contributed by atoms with Gasteiger partial charge in [0, 0.05) is 6.20 Å². The van der Waals surface area contributed by atoms with E-state index in [4.69, 9.17) is 0 Å². The summed E-state index contributed by atoms with van der Waals surface area (Å²) >= 11 is 3.28. The molecule has 0 saturated heterocycles. The van der Waals surface area contributed by atoms with Crippen molar-refractivity contribution in [3.63, 3.8) is 0 Å². The summed E-state index contributed by atoms with van der Waals surface area (Å²) in [5.74, 6) is 0. The molecular weight excluding hydrogens is 208 g/mol. The molecule has 1 heterocycles. The number of halogens is 1. The molecule has 1 N–H and O–H groups in total. The van der Waals surface area contributed by atoms with Crippen molar-refractivity contribution in [2.24, 2.45) is 0 Å². The lowest BCUT2D eigenvalue weighted by molar-refractivity contribution is 0.145. The molecule has 0 saturated carbocycles. The molecule has 0 aliphatic rings. The molecule has 0 aliphatic carbocycles. The Morgan fingerprint density at radius 1 is 1.82 bits per heavy atom. The van der Waals surface area contributed by atoms with Gasteiger partial charge in [0.1, 0.15) is 0 Å². The Hall–Kier alpha value is -0.350. The molecule has 4 heteroatoms. The Morgan fingerprint density at radius 2 is 2.55 bits per heavy atom. The molecule has 0 radical (unpaired) electrons. The summed E-state index contributed by atoms with van der Waals surface area (Å²) in [6, 6.07) is 0. The third-order valence-electron chi connectivity index (χ3n) is 1.47. The molecule has 1 unspecified atom stereocenters. The average molecular weight is 219 g/mol. The molecule has 62 valence electrons. The molecule has 0 fully saturated rings. The van der Waals surface area contributed by atoms with E-state index in [-0.39, 0.29) is 6.10 Å². The summed E-state index contributed by atoms with van der Waals surface area (Å²) in [6.07, 6.45) is 4.03. The van der Waals surface area contributed by atoms with E-state index in [2.05, 4.69) is 21.0 Å². The maximum Gasteiger partial charge on any atom is 0.0733 e. The van der Waals surface area contributed by atoms with Gasteiger partial charge in [-0.15, -0.1) is 0 Å². The number of hydrogen-bond donors (Lipinski definition) is 1. The van der Waals surface area contributed by atoms with Crippen LogP contribution < -0.4 is 0 Å². The first-order valence-corrected chi connectivity index (χ1v) is 4.37. The summed E-state index contributed by atoms with van der Waals surface area (Å²) in [6.45, 7) is 2.52. The van der Waals surface area contributed by atoms with E-state index in [1.165, 1.54) is 0 Å². The van der Waals surface area contributed by atoms with Crippen molar-refractivity contribution in [1.29, 1.82) is 0 Å². The Kier molecular flexibility index (Phi) is 3.08. The van der Waals surface area contributed by atoms with Gasteiger partial charge in [-0.2, -0.15) is 5.10 Å². The van der Waals surface area contributed by atoms with Crippen molar-refractivity contribution in [3.8, 4) is 0 Å². The average Bonchev–Trinajstić information content (AvgIpc) is 2.35. The molecule has 1 aromatic rings. The van der Waals surface area contributed by atoms with Gasteiger partial charge in [-0.05, 0) is 22.4 Å². The molecule has 1 atom stereocenters. The van der Waals surface area contributed by atoms with Gasteiger partial charge in [0.2, 0.25) is 0 Å². The van der Waals surface area contributed by atoms with Crippen LogP contribution in [0.3, 0.4) is 0 Å². The van der Waals surface area contributed by atoms with Gasteiger partial charge in [0.05, 0.1) is 23.3 Å². The number of nitrogens with zero attached hydrogens (tertiary/aromatic N) is 2. The lowest BCUT2D eigenvalue weighted by Gasteiger charge is -2.06. The molecule has 0 spiro atoms. The SMILES string of the molecule is CCC(O)Cn1cc(Br)cn1. The molecule has 11 heavy (non-hydrogen) atoms. The van der Waals surface area contributed by atoms with E-state index in [0.29, 0.717) is 6.54 Å². The van der Waals surface area contributed by atoms with Crippen LogP contribution in [0.2, 0.25) is 0 Å². The smallest absolute Gasteiger partial charge is 0.0733 e. The van der Waals surface area contributed by atoms with Crippen LogP contribution in [-0.2, 0) is 6.54 Å². The van der Waals surface area contributed by atoms with Crippen molar-refractivity contribution in [2.75, 3.05) is 0 Å². The van der Waals surface area contributed by atoms with E-state index in [0.717, 1.165) is 10.9 Å². The molecule has 1 aromatic heterocycles. The fourth-order valence-electron chi connectivity index (χ4n) is 0.783. The topological polar surface area (TPSA) is 38.0 Å². The van der Waals surface area contributed by atoms with E-state index in [9.17, 15) is 5.11 Å². The third kappa shape index (κ3) is 2.63. The van der Waals surface area contributed by atoms with Gasteiger partial charge in [0.25, 0.3) is 0 Å². The van der Waals surface area contributed by atoms with Crippen molar-refractivity contribution < 1.29 is 5.11 Å². The summed E-state index contributed by atoms with van der Waals surface area (Å²) in [4.78, 5) is 0. The van der Waals surface area contributed by atoms with Gasteiger partial charge in [-0.25, -0.2) is 0 Å². The third-order valence-corrected chi connectivity index (χ3v) is 1.88. The van der Waals surface area contributed by atoms with E-state index < -0.39 is 0 Å². The van der Waals surface area contributed by atoms with Crippen LogP contribution in [0, 0.1) is 0 Å². The summed E-state index contributed by atoms with van der Waals surface area (Å²) in [5.41, 5.74) is 0. The van der Waals surface area contributed by atoms with E-state index >= 15 is 0 Å². The summed E-state index contributed by atoms with van der Waals surface area (Å²) in [7, 11) is 0. The van der Waals surface area contributed by atoms with Crippen molar-refractivity contribution in [1.82, 2.24) is 9.78 Å². The van der Waals surface area contributed by atoms with Gasteiger partial charge in [0.15, 0.2) is 0 Å². The monoisotopic (exact) mass is 218 g/mol. The normalized spacial score (nSPS) is 13.4. The van der Waals surface area contributed by atoms with E-state index in [1.54, 1.807) is 10.9 Å². The van der Waals surface area contributed by atoms with Crippen LogP contribution >= 0.6 is 15.9 Å². The molecule has 3 nitrogen and oxygen atoms in total. The van der Waals surface area contributed by atoms with E-state index in [1.807, 2.05) is 13.1 Å². The minimum atomic E-state index is -0.290. The van der Waals surface area contributed by atoms with Crippen molar-refractivity contribution in [3.05, 3.63) is 16.9 Å². The largest absolute Gasteiger partial charge is 0.391 e. The van der Waals surface area contributed by atoms with Gasteiger partial charge in [-0.3, -0.25) is 4.68 Å². The standard InChI is InChI=1S/C7H11BrN2O/c1-2-7(11)5-10-4-6(8)3-9-10/h3-4,7,11H,2,5H2,1H3. The quantitative estimate of drug-likeness (QED) is 0.834. The second kappa shape index (κ2) is 3.88. The number of aromatic nitrogens is 2. The highest BCUT2D eigenvalue weighted by molar-refractivity contribution is 9.10. The number of hydrogen-bond acceptors (Lipinski definition) is 2. The van der Waals surface area contributed by atoms with Crippen LogP contribution in [0.4, 0.5) is 0 Å². The first kappa shape index (κ1) is 8.74. The first-order valence-electron chi connectivity index (χ1n) is 3.58. The zero-order valence-corrected chi connectivity index (χ0v) is 7.95. The van der Waals surface area contributed by atoms with Gasteiger partial charge < -0.3 is 5.11 Å². The molecule has 0 aliphatic heterocycles. The van der Waals surface area contributed by atoms with Crippen molar-refractivity contribution in [2.45, 2.75) is 26.0 Å². The predicted molar refractivity (Wildman–Crippen MR) is 46.2 cm³/mol. The lowest BCUT2D eigenvalue weighted by atomic mass is 10.3. The van der Waals surface area contributed by atoms with Crippen LogP contribution in [-0.4, -0.2) is 21.0 Å². The highest BCUT2D eigenvalue weighted by Crippen LogP contribution is 2.06. The molecule has 1 rings (SSSR count). The fraction of sp³-hybridized carbons (Fsp3) is 0.571. The van der Waals surface area contributed by atoms with Gasteiger partial charge in [-0.1, -0.05) is 6.92 Å².